The molecule has 0 radical (unpaired) electrons. The molecule has 0 unspecified atom stereocenters. The van der Waals surface area contributed by atoms with E-state index in [1.54, 1.807) is 0 Å². The molecule has 202 valence electrons. The van der Waals surface area contributed by atoms with Crippen molar-refractivity contribution in [2.24, 2.45) is 0 Å². The van der Waals surface area contributed by atoms with E-state index in [9.17, 15) is 0 Å². The van der Waals surface area contributed by atoms with Crippen LogP contribution in [0, 0.1) is 0 Å². The second-order valence-electron chi connectivity index (χ2n) is 10.4. The molecular weight excluding hydrogens is 591 g/mol. The van der Waals surface area contributed by atoms with Gasteiger partial charge in [-0.05, 0) is 0 Å². The third kappa shape index (κ3) is 4.95. The standard InChI is InChI=1S/C38H24N4Se/c1-4-10-26(11-5-1)35-40-36(27-12-6-2-7-13-27)42-37(41-35)28-18-16-25(17-19-28)30-20-22-32-31(24-30)21-23-33-34(32)43-38(39-33)29-14-8-3-9-15-29/h1-24H. The zero-order chi connectivity index (χ0) is 28.6. The SMILES string of the molecule is c1ccc(-c2nc(-c3ccccc3)nc(-c3ccc(-c4ccc5c(ccc6nc(-c7ccccc7)[se]c65)c4)cc3)n2)cc1. The Bertz CT molecular complexity index is 2150. The van der Waals surface area contributed by atoms with Crippen LogP contribution in [0.3, 0.4) is 0 Å². The van der Waals surface area contributed by atoms with Crippen molar-refractivity contribution in [1.82, 2.24) is 19.9 Å². The van der Waals surface area contributed by atoms with Crippen molar-refractivity contribution >= 4 is 35.1 Å². The Morgan fingerprint density at radius 1 is 0.372 bits per heavy atom. The smallest absolute Gasteiger partial charge is 0.0512 e. The number of hydrogen-bond acceptors (Lipinski definition) is 4. The van der Waals surface area contributed by atoms with Crippen molar-refractivity contribution in [3.63, 3.8) is 0 Å². The molecule has 0 bridgehead atoms. The van der Waals surface area contributed by atoms with E-state index in [0.29, 0.717) is 17.5 Å². The molecule has 0 aliphatic rings. The Hall–Kier alpha value is -5.22. The number of fused-ring (bicyclic) bond motifs is 3. The van der Waals surface area contributed by atoms with Gasteiger partial charge in [0.2, 0.25) is 0 Å². The van der Waals surface area contributed by atoms with Crippen LogP contribution >= 0.6 is 0 Å². The number of rotatable bonds is 5. The third-order valence-electron chi connectivity index (χ3n) is 7.57. The molecule has 0 saturated carbocycles. The molecular formula is C38H24N4Se. The Morgan fingerprint density at radius 2 is 0.860 bits per heavy atom. The zero-order valence-corrected chi connectivity index (χ0v) is 24.8. The third-order valence-corrected chi connectivity index (χ3v) is 9.99. The average molecular weight is 616 g/mol. The molecule has 0 aliphatic carbocycles. The topological polar surface area (TPSA) is 51.6 Å². The summed E-state index contributed by atoms with van der Waals surface area (Å²) < 4.78 is 2.56. The van der Waals surface area contributed by atoms with Crippen LogP contribution in [0.1, 0.15) is 0 Å². The van der Waals surface area contributed by atoms with Crippen LogP contribution < -0.4 is 0 Å². The minimum atomic E-state index is 0.182. The number of hydrogen-bond donors (Lipinski definition) is 0. The van der Waals surface area contributed by atoms with Crippen LogP contribution in [-0.4, -0.2) is 34.4 Å². The minimum Gasteiger partial charge on any atom is -0.0615 e. The summed E-state index contributed by atoms with van der Waals surface area (Å²) in [7, 11) is 0. The first-order valence-electron chi connectivity index (χ1n) is 14.1. The molecule has 4 nitrogen and oxygen atoms in total. The van der Waals surface area contributed by atoms with Crippen molar-refractivity contribution in [2.45, 2.75) is 0 Å². The van der Waals surface area contributed by atoms with Gasteiger partial charge in [0.05, 0.1) is 0 Å². The second-order valence-corrected chi connectivity index (χ2v) is 12.4. The van der Waals surface area contributed by atoms with Gasteiger partial charge in [0, 0.05) is 11.1 Å². The maximum atomic E-state index is 4.97. The summed E-state index contributed by atoms with van der Waals surface area (Å²) in [4.78, 5) is 19.5. The maximum Gasteiger partial charge on any atom is -0.0512 e. The van der Waals surface area contributed by atoms with Crippen LogP contribution in [0.25, 0.3) is 76.0 Å². The number of benzene rings is 6. The molecule has 0 N–H and O–H groups in total. The summed E-state index contributed by atoms with van der Waals surface area (Å²) >= 11 is 0.182. The van der Waals surface area contributed by atoms with E-state index >= 15 is 0 Å². The number of nitrogens with zero attached hydrogens (tertiary/aromatic N) is 4. The van der Waals surface area contributed by atoms with Gasteiger partial charge >= 0.3 is 179 Å². The Balaban J connectivity index is 1.15. The van der Waals surface area contributed by atoms with Crippen molar-refractivity contribution in [3.8, 4) is 55.4 Å². The largest absolute Gasteiger partial charge is 0.0615 e. The molecule has 0 amide bonds. The monoisotopic (exact) mass is 616 g/mol. The fourth-order valence-electron chi connectivity index (χ4n) is 5.35. The van der Waals surface area contributed by atoms with Gasteiger partial charge in [0.1, 0.15) is 0 Å². The molecule has 0 saturated heterocycles. The van der Waals surface area contributed by atoms with Gasteiger partial charge in [-0.1, -0.05) is 60.7 Å². The normalized spacial score (nSPS) is 11.3. The van der Waals surface area contributed by atoms with E-state index in [2.05, 4.69) is 84.9 Å². The summed E-state index contributed by atoms with van der Waals surface area (Å²) in [6, 6.07) is 50.3. The molecule has 2 aromatic heterocycles. The molecule has 0 fully saturated rings. The van der Waals surface area contributed by atoms with Crippen molar-refractivity contribution in [3.05, 3.63) is 146 Å². The Morgan fingerprint density at radius 3 is 1.44 bits per heavy atom. The zero-order valence-electron chi connectivity index (χ0n) is 23.1. The van der Waals surface area contributed by atoms with Gasteiger partial charge in [0.15, 0.2) is 0 Å². The summed E-state index contributed by atoms with van der Waals surface area (Å²) in [5.74, 6) is 1.98. The van der Waals surface area contributed by atoms with Crippen LogP contribution in [0.15, 0.2) is 146 Å². The van der Waals surface area contributed by atoms with Crippen LogP contribution in [-0.2, 0) is 0 Å². The fourth-order valence-corrected chi connectivity index (χ4v) is 7.67. The first kappa shape index (κ1) is 25.5. The molecule has 6 aromatic carbocycles. The maximum absolute atomic E-state index is 4.97. The molecule has 8 aromatic rings. The molecule has 5 heteroatoms. The van der Waals surface area contributed by atoms with Gasteiger partial charge in [-0.25, -0.2) is 4.98 Å². The Labute approximate surface area is 255 Å². The van der Waals surface area contributed by atoms with Crippen LogP contribution in [0.2, 0.25) is 0 Å². The second kappa shape index (κ2) is 10.9. The first-order chi connectivity index (χ1) is 21.3. The van der Waals surface area contributed by atoms with E-state index in [0.717, 1.165) is 27.8 Å². The fraction of sp³-hybridized carbons (Fsp3) is 0. The first-order valence-corrected chi connectivity index (χ1v) is 15.9. The predicted molar refractivity (Wildman–Crippen MR) is 177 cm³/mol. The van der Waals surface area contributed by atoms with E-state index in [4.69, 9.17) is 19.9 Å². The van der Waals surface area contributed by atoms with Crippen LogP contribution in [0.4, 0.5) is 0 Å². The van der Waals surface area contributed by atoms with E-state index in [-0.39, 0.29) is 14.5 Å². The van der Waals surface area contributed by atoms with Gasteiger partial charge in [-0.15, -0.1) is 0 Å². The van der Waals surface area contributed by atoms with Gasteiger partial charge in [0.25, 0.3) is 0 Å². The molecule has 0 atom stereocenters. The molecule has 43 heavy (non-hydrogen) atoms. The summed E-state index contributed by atoms with van der Waals surface area (Å²) in [6.45, 7) is 0. The average Bonchev–Trinajstić information content (AvgIpc) is 3.54. The quantitative estimate of drug-likeness (QED) is 0.181. The summed E-state index contributed by atoms with van der Waals surface area (Å²) in [5.41, 5.74) is 7.53. The molecule has 2 heterocycles. The molecule has 0 spiro atoms. The van der Waals surface area contributed by atoms with Gasteiger partial charge < -0.3 is 0 Å². The van der Waals surface area contributed by atoms with Gasteiger partial charge in [-0.2, -0.15) is 0 Å². The van der Waals surface area contributed by atoms with E-state index in [1.165, 1.54) is 30.7 Å². The van der Waals surface area contributed by atoms with Crippen molar-refractivity contribution in [1.29, 1.82) is 0 Å². The van der Waals surface area contributed by atoms with Crippen molar-refractivity contribution < 1.29 is 0 Å². The molecule has 8 rings (SSSR count). The van der Waals surface area contributed by atoms with Gasteiger partial charge in [-0.3, -0.25) is 0 Å². The van der Waals surface area contributed by atoms with E-state index < -0.39 is 0 Å². The van der Waals surface area contributed by atoms with Crippen molar-refractivity contribution in [2.75, 3.05) is 0 Å². The van der Waals surface area contributed by atoms with Crippen LogP contribution in [0.5, 0.6) is 0 Å². The Kier molecular flexibility index (Phi) is 6.45. The summed E-state index contributed by atoms with van der Waals surface area (Å²) in [6.07, 6.45) is 0. The number of aromatic nitrogens is 4. The minimum absolute atomic E-state index is 0.182. The predicted octanol–water partition coefficient (Wildman–Crippen LogP) is 8.96. The van der Waals surface area contributed by atoms with E-state index in [1.807, 2.05) is 60.7 Å². The summed E-state index contributed by atoms with van der Waals surface area (Å²) in [5, 5.41) is 2.53. The molecule has 0 aliphatic heterocycles.